The first kappa shape index (κ1) is 35.1. The summed E-state index contributed by atoms with van der Waals surface area (Å²) in [5.74, 6) is 0.224. The lowest BCUT2D eigenvalue weighted by atomic mass is 9.89. The van der Waals surface area contributed by atoms with E-state index in [4.69, 9.17) is 32.8 Å². The predicted molar refractivity (Wildman–Crippen MR) is 176 cm³/mol. The number of rotatable bonds is 12. The van der Waals surface area contributed by atoms with E-state index in [0.717, 1.165) is 47.1 Å². The molecule has 6 nitrogen and oxygen atoms in total. The van der Waals surface area contributed by atoms with Gasteiger partial charge in [0.15, 0.2) is 5.60 Å². The number of carbonyl (C=O) groups excluding carboxylic acids is 2. The van der Waals surface area contributed by atoms with E-state index in [1.165, 1.54) is 12.1 Å². The van der Waals surface area contributed by atoms with Crippen molar-refractivity contribution in [3.8, 4) is 5.75 Å². The summed E-state index contributed by atoms with van der Waals surface area (Å²) in [6, 6.07) is 15.5. The van der Waals surface area contributed by atoms with Gasteiger partial charge in [0, 0.05) is 21.7 Å². The number of hydrogen-bond donors (Lipinski definition) is 2. The molecule has 4 rings (SSSR count). The number of aryl methyl sites for hydroxylation is 1. The molecule has 0 spiro atoms. The molecule has 0 aliphatic heterocycles. The van der Waals surface area contributed by atoms with Gasteiger partial charge in [-0.3, -0.25) is 14.4 Å². The normalized spacial score (nSPS) is 14.0. The molecule has 1 aliphatic rings. The lowest BCUT2D eigenvalue weighted by Gasteiger charge is -2.27. The molecule has 1 saturated carbocycles. The SMILES string of the molecule is C=C(C)CC(C)c1cc(Cl)ccc1OC(C)(C)C(=O)NOC1CC1.Cc1ccc(F)cc1C(C)c1ccc(Cl)cc1NC=O. The fourth-order valence-corrected chi connectivity index (χ4v) is 5.09. The summed E-state index contributed by atoms with van der Waals surface area (Å²) in [5, 5.41) is 3.83. The van der Waals surface area contributed by atoms with Crippen LogP contribution in [0.25, 0.3) is 0 Å². The van der Waals surface area contributed by atoms with Crippen LogP contribution in [0, 0.1) is 12.7 Å². The molecule has 9 heteroatoms. The van der Waals surface area contributed by atoms with Crippen LogP contribution in [0.1, 0.15) is 88.0 Å². The fraction of sp³-hybridized carbons (Fsp3) is 0.371. The van der Waals surface area contributed by atoms with E-state index in [1.807, 2.05) is 39.0 Å². The highest BCUT2D eigenvalue weighted by Gasteiger charge is 2.33. The van der Waals surface area contributed by atoms with Crippen molar-refractivity contribution >= 4 is 41.2 Å². The second kappa shape index (κ2) is 15.6. The zero-order valence-electron chi connectivity index (χ0n) is 26.1. The number of hydroxylamine groups is 1. The number of carbonyl (C=O) groups is 2. The minimum Gasteiger partial charge on any atom is -0.478 e. The first-order chi connectivity index (χ1) is 20.7. The molecule has 236 valence electrons. The Kier molecular flexibility index (Phi) is 12.4. The predicted octanol–water partition coefficient (Wildman–Crippen LogP) is 9.28. The standard InChI is InChI=1S/C19H26ClNO3.C16H15ClFNO/c1-12(2)10-13(3)16-11-14(20)6-9-17(16)23-19(4,5)18(22)21-24-15-7-8-15;1-10-3-5-13(18)8-15(10)11(2)14-6-4-12(17)7-16(14)19-9-20/h6,9,11,13,15H,1,7-8,10H2,2-5H3,(H,21,22);3-9,11H,1-2H3,(H,19,20). The van der Waals surface area contributed by atoms with E-state index < -0.39 is 5.60 Å². The topological polar surface area (TPSA) is 76.7 Å². The Balaban J connectivity index is 0.000000244. The Morgan fingerprint density at radius 3 is 2.34 bits per heavy atom. The van der Waals surface area contributed by atoms with Crippen LogP contribution >= 0.6 is 23.2 Å². The molecule has 0 saturated heterocycles. The Hall–Kier alpha value is -3.39. The van der Waals surface area contributed by atoms with Gasteiger partial charge in [-0.05, 0) is 118 Å². The number of halogens is 3. The number of hydrogen-bond acceptors (Lipinski definition) is 4. The number of ether oxygens (including phenoxy) is 1. The summed E-state index contributed by atoms with van der Waals surface area (Å²) in [4.78, 5) is 28.3. The monoisotopic (exact) mass is 642 g/mol. The minimum absolute atomic E-state index is 0.0505. The van der Waals surface area contributed by atoms with Crippen LogP contribution in [0.15, 0.2) is 66.7 Å². The Morgan fingerprint density at radius 1 is 1.05 bits per heavy atom. The maximum absolute atomic E-state index is 13.4. The zero-order chi connectivity index (χ0) is 32.6. The molecule has 0 radical (unpaired) electrons. The van der Waals surface area contributed by atoms with Gasteiger partial charge in [0.05, 0.1) is 6.10 Å². The average molecular weight is 644 g/mol. The van der Waals surface area contributed by atoms with Gasteiger partial charge in [-0.2, -0.15) is 0 Å². The van der Waals surface area contributed by atoms with Crippen LogP contribution in [0.2, 0.25) is 10.0 Å². The van der Waals surface area contributed by atoms with Crippen LogP contribution in [-0.2, 0) is 14.4 Å². The third kappa shape index (κ3) is 10.1. The fourth-order valence-electron chi connectivity index (χ4n) is 4.74. The van der Waals surface area contributed by atoms with E-state index in [2.05, 4.69) is 24.3 Å². The average Bonchev–Trinajstić information content (AvgIpc) is 3.78. The number of nitrogens with one attached hydrogen (secondary N) is 2. The molecule has 3 aromatic carbocycles. The molecular weight excluding hydrogens is 602 g/mol. The van der Waals surface area contributed by atoms with Crippen molar-refractivity contribution in [2.24, 2.45) is 0 Å². The van der Waals surface area contributed by atoms with Crippen molar-refractivity contribution in [2.45, 2.75) is 84.3 Å². The lowest BCUT2D eigenvalue weighted by molar-refractivity contribution is -0.148. The number of allylic oxidation sites excluding steroid dienone is 1. The third-order valence-corrected chi connectivity index (χ3v) is 7.79. The second-order valence-corrected chi connectivity index (χ2v) is 12.7. The molecule has 2 amide bonds. The highest BCUT2D eigenvalue weighted by molar-refractivity contribution is 6.31. The van der Waals surface area contributed by atoms with Gasteiger partial charge in [0.25, 0.3) is 5.91 Å². The number of anilines is 1. The Bertz CT molecular complexity index is 1490. The first-order valence-electron chi connectivity index (χ1n) is 14.6. The number of benzene rings is 3. The molecule has 1 aliphatic carbocycles. The van der Waals surface area contributed by atoms with Crippen LogP contribution < -0.4 is 15.5 Å². The van der Waals surface area contributed by atoms with E-state index in [9.17, 15) is 14.0 Å². The van der Waals surface area contributed by atoms with Gasteiger partial charge in [0.2, 0.25) is 6.41 Å². The maximum Gasteiger partial charge on any atom is 0.287 e. The van der Waals surface area contributed by atoms with Crippen molar-refractivity contribution in [3.05, 3.63) is 105 Å². The number of amides is 2. The second-order valence-electron chi connectivity index (χ2n) is 11.8. The molecule has 2 atom stereocenters. The molecule has 1 fully saturated rings. The van der Waals surface area contributed by atoms with E-state index in [-0.39, 0.29) is 29.7 Å². The first-order valence-corrected chi connectivity index (χ1v) is 15.3. The van der Waals surface area contributed by atoms with Gasteiger partial charge in [-0.25, -0.2) is 9.87 Å². The van der Waals surface area contributed by atoms with Crippen LogP contribution in [-0.4, -0.2) is 24.0 Å². The van der Waals surface area contributed by atoms with Crippen molar-refractivity contribution in [1.82, 2.24) is 5.48 Å². The van der Waals surface area contributed by atoms with Crippen LogP contribution in [0.5, 0.6) is 5.75 Å². The van der Waals surface area contributed by atoms with Gasteiger partial charge >= 0.3 is 0 Å². The molecular formula is C35H41Cl2FN2O4. The largest absolute Gasteiger partial charge is 0.478 e. The highest BCUT2D eigenvalue weighted by atomic mass is 35.5. The molecule has 44 heavy (non-hydrogen) atoms. The van der Waals surface area contributed by atoms with Crippen LogP contribution in [0.3, 0.4) is 0 Å². The molecule has 2 N–H and O–H groups in total. The van der Waals surface area contributed by atoms with E-state index in [0.29, 0.717) is 27.9 Å². The molecule has 2 unspecified atom stereocenters. The molecule has 0 aromatic heterocycles. The maximum atomic E-state index is 13.4. The lowest BCUT2D eigenvalue weighted by Crippen LogP contribution is -2.46. The summed E-state index contributed by atoms with van der Waals surface area (Å²) in [5.41, 5.74) is 6.93. The van der Waals surface area contributed by atoms with Crippen molar-refractivity contribution in [2.75, 3.05) is 5.32 Å². The quantitative estimate of drug-likeness (QED) is 0.117. The molecule has 0 bridgehead atoms. The van der Waals surface area contributed by atoms with Crippen molar-refractivity contribution in [1.29, 1.82) is 0 Å². The highest BCUT2D eigenvalue weighted by Crippen LogP contribution is 2.36. The summed E-state index contributed by atoms with van der Waals surface area (Å²) in [6.07, 6.45) is 3.56. The summed E-state index contributed by atoms with van der Waals surface area (Å²) in [7, 11) is 0. The van der Waals surface area contributed by atoms with Gasteiger partial charge in [-0.15, -0.1) is 6.58 Å². The smallest absolute Gasteiger partial charge is 0.287 e. The molecule has 0 heterocycles. The van der Waals surface area contributed by atoms with Gasteiger partial charge in [0.1, 0.15) is 11.6 Å². The van der Waals surface area contributed by atoms with Gasteiger partial charge in [-0.1, -0.05) is 54.8 Å². The summed E-state index contributed by atoms with van der Waals surface area (Å²) < 4.78 is 19.5. The van der Waals surface area contributed by atoms with Crippen LogP contribution in [0.4, 0.5) is 10.1 Å². The van der Waals surface area contributed by atoms with Gasteiger partial charge < -0.3 is 10.1 Å². The Labute approximate surface area is 269 Å². The van der Waals surface area contributed by atoms with Crippen molar-refractivity contribution in [3.63, 3.8) is 0 Å². The summed E-state index contributed by atoms with van der Waals surface area (Å²) in [6.45, 7) is 15.4. The van der Waals surface area contributed by atoms with Crippen molar-refractivity contribution < 1.29 is 23.6 Å². The third-order valence-electron chi connectivity index (χ3n) is 7.32. The van der Waals surface area contributed by atoms with E-state index >= 15 is 0 Å². The molecule has 3 aromatic rings. The zero-order valence-corrected chi connectivity index (χ0v) is 27.6. The minimum atomic E-state index is -1.06. The summed E-state index contributed by atoms with van der Waals surface area (Å²) >= 11 is 12.1. The Morgan fingerprint density at radius 2 is 1.70 bits per heavy atom. The van der Waals surface area contributed by atoms with E-state index in [1.54, 1.807) is 38.1 Å².